The smallest absolute Gasteiger partial charge is 0.406 e. The summed E-state index contributed by atoms with van der Waals surface area (Å²) in [7, 11) is 2.01. The summed E-state index contributed by atoms with van der Waals surface area (Å²) < 4.78 is 40.8. The summed E-state index contributed by atoms with van der Waals surface area (Å²) in [6, 6.07) is 5.44. The van der Waals surface area contributed by atoms with E-state index in [0.29, 0.717) is 39.2 Å². The fourth-order valence-corrected chi connectivity index (χ4v) is 4.92. The summed E-state index contributed by atoms with van der Waals surface area (Å²) in [6.45, 7) is 1.83. The Morgan fingerprint density at radius 1 is 1.30 bits per heavy atom. The molecular weight excluding hydrogens is 477 g/mol. The van der Waals surface area contributed by atoms with E-state index >= 15 is 0 Å². The number of ether oxygens (including phenoxy) is 1. The van der Waals surface area contributed by atoms with Crippen molar-refractivity contribution in [1.29, 1.82) is 0 Å². The van der Waals surface area contributed by atoms with Gasteiger partial charge in [0.15, 0.2) is 5.17 Å². The number of carbonyl (C=O) groups excluding carboxylic acids is 1. The number of halogens is 3. The number of thioether (sulfide) groups is 1. The van der Waals surface area contributed by atoms with Gasteiger partial charge in [0.05, 0.1) is 22.7 Å². The highest BCUT2D eigenvalue weighted by molar-refractivity contribution is 8.18. The molecule has 12 heteroatoms. The normalized spacial score (nSPS) is 21.5. The number of aliphatic imine (C=N–C) groups is 1. The van der Waals surface area contributed by atoms with Gasteiger partial charge in [-0.15, -0.1) is 24.5 Å². The van der Waals surface area contributed by atoms with Gasteiger partial charge in [-0.1, -0.05) is 0 Å². The second kappa shape index (κ2) is 9.45. The summed E-state index contributed by atoms with van der Waals surface area (Å²) in [5.41, 5.74) is 0.330. The fraction of sp³-hybridized carbons (Fsp3) is 0.381. The van der Waals surface area contributed by atoms with Crippen molar-refractivity contribution < 1.29 is 27.8 Å². The predicted molar refractivity (Wildman–Crippen MR) is 122 cm³/mol. The number of benzene rings is 1. The molecule has 1 aromatic carbocycles. The second-order valence-corrected chi connectivity index (χ2v) is 9.75. The van der Waals surface area contributed by atoms with E-state index in [1.165, 1.54) is 47.4 Å². The molecule has 0 spiro atoms. The van der Waals surface area contributed by atoms with Crippen molar-refractivity contribution in [2.75, 3.05) is 26.7 Å². The number of amides is 1. The van der Waals surface area contributed by atoms with E-state index in [-0.39, 0.29) is 18.2 Å². The average molecular weight is 499 g/mol. The van der Waals surface area contributed by atoms with E-state index in [0.717, 1.165) is 13.1 Å². The highest BCUT2D eigenvalue weighted by Gasteiger charge is 2.32. The molecular formula is C21H21F3N4O3S2. The van der Waals surface area contributed by atoms with Crippen molar-refractivity contribution in [3.8, 4) is 16.3 Å². The van der Waals surface area contributed by atoms with E-state index in [2.05, 4.69) is 24.9 Å². The van der Waals surface area contributed by atoms with Gasteiger partial charge in [0, 0.05) is 24.0 Å². The van der Waals surface area contributed by atoms with Crippen LogP contribution in [-0.4, -0.2) is 64.7 Å². The molecule has 0 unspecified atom stereocenters. The Bertz CT molecular complexity index is 1080. The Hall–Kier alpha value is -2.41. The maximum absolute atomic E-state index is 12.3. The van der Waals surface area contributed by atoms with Crippen LogP contribution in [0.15, 0.2) is 39.5 Å². The molecule has 33 heavy (non-hydrogen) atoms. The number of carbonyl (C=O) groups is 1. The van der Waals surface area contributed by atoms with Crippen molar-refractivity contribution in [3.05, 3.63) is 40.2 Å². The third kappa shape index (κ3) is 6.34. The van der Waals surface area contributed by atoms with E-state index in [1.54, 1.807) is 11.5 Å². The van der Waals surface area contributed by atoms with Crippen LogP contribution < -0.4 is 10.1 Å². The number of amidine groups is 1. The molecule has 7 nitrogen and oxygen atoms in total. The molecule has 2 N–H and O–H groups in total. The monoisotopic (exact) mass is 498 g/mol. The molecule has 0 saturated carbocycles. The van der Waals surface area contributed by atoms with Gasteiger partial charge in [-0.3, -0.25) is 9.79 Å². The van der Waals surface area contributed by atoms with Crippen LogP contribution in [-0.2, 0) is 4.79 Å². The second-order valence-electron chi connectivity index (χ2n) is 7.86. The molecule has 1 aromatic heterocycles. The van der Waals surface area contributed by atoms with Crippen LogP contribution in [0, 0.1) is 0 Å². The number of nitrogens with one attached hydrogen (secondary N) is 1. The van der Waals surface area contributed by atoms with Crippen LogP contribution in [0.4, 0.5) is 13.2 Å². The Balaban J connectivity index is 1.40. The van der Waals surface area contributed by atoms with Crippen LogP contribution in [0.2, 0.25) is 0 Å². The Morgan fingerprint density at radius 2 is 2.00 bits per heavy atom. The first-order valence-electron chi connectivity index (χ1n) is 10.1. The molecule has 1 amide bonds. The van der Waals surface area contributed by atoms with Crippen LogP contribution in [0.25, 0.3) is 16.6 Å². The first-order chi connectivity index (χ1) is 15.6. The van der Waals surface area contributed by atoms with Gasteiger partial charge in [-0.2, -0.15) is 0 Å². The molecule has 0 bridgehead atoms. The van der Waals surface area contributed by atoms with Crippen LogP contribution in [0.3, 0.4) is 0 Å². The summed E-state index contributed by atoms with van der Waals surface area (Å²) in [4.78, 5) is 23.7. The van der Waals surface area contributed by atoms with Gasteiger partial charge in [-0.05, 0) is 62.0 Å². The average Bonchev–Trinajstić information content (AvgIpc) is 3.36. The molecule has 2 aliphatic rings. The van der Waals surface area contributed by atoms with Gasteiger partial charge in [0.2, 0.25) is 0 Å². The van der Waals surface area contributed by atoms with Crippen LogP contribution >= 0.6 is 23.1 Å². The number of aromatic nitrogens is 1. The van der Waals surface area contributed by atoms with Crippen molar-refractivity contribution >= 4 is 40.2 Å². The van der Waals surface area contributed by atoms with Gasteiger partial charge in [-0.25, -0.2) is 4.98 Å². The van der Waals surface area contributed by atoms with Crippen molar-refractivity contribution in [3.63, 3.8) is 0 Å². The number of hydrogen-bond acceptors (Lipinski definition) is 8. The lowest BCUT2D eigenvalue weighted by atomic mass is 9.92. The SMILES string of the molecule is CN1CCC(O)(CN=C2NC(=O)/C(=C/c3csc(-c4ccc(OC(F)(F)F)cc4)n3)S2)CC1. The van der Waals surface area contributed by atoms with Crippen molar-refractivity contribution in [1.82, 2.24) is 15.2 Å². The zero-order valence-corrected chi connectivity index (χ0v) is 19.2. The first-order valence-corrected chi connectivity index (χ1v) is 11.8. The first kappa shape index (κ1) is 23.7. The van der Waals surface area contributed by atoms with E-state index < -0.39 is 12.0 Å². The molecule has 0 aliphatic carbocycles. The zero-order chi connectivity index (χ0) is 23.6. The van der Waals surface area contributed by atoms with Gasteiger partial charge in [0.1, 0.15) is 10.8 Å². The number of piperidine rings is 1. The number of likely N-dealkylation sites (tertiary alicyclic amines) is 1. The lowest BCUT2D eigenvalue weighted by Crippen LogP contribution is -2.45. The maximum Gasteiger partial charge on any atom is 0.573 e. The lowest BCUT2D eigenvalue weighted by Gasteiger charge is -2.35. The van der Waals surface area contributed by atoms with Crippen LogP contribution in [0.1, 0.15) is 18.5 Å². The highest BCUT2D eigenvalue weighted by Crippen LogP contribution is 2.31. The lowest BCUT2D eigenvalue weighted by molar-refractivity contribution is -0.274. The fourth-order valence-electron chi connectivity index (χ4n) is 3.33. The van der Waals surface area contributed by atoms with Gasteiger partial charge >= 0.3 is 6.36 Å². The minimum Gasteiger partial charge on any atom is -0.406 e. The standard InChI is InChI=1S/C21H21F3N4O3S2/c1-28-8-6-20(30,7-9-28)12-25-19-27-17(29)16(33-19)10-14-11-32-18(26-14)13-2-4-15(5-3-13)31-21(22,23)24/h2-5,10-11,30H,6-9,12H2,1H3,(H,25,27,29)/b16-10-. The number of nitrogens with zero attached hydrogens (tertiary/aromatic N) is 3. The van der Waals surface area contributed by atoms with E-state index in [4.69, 9.17) is 0 Å². The summed E-state index contributed by atoms with van der Waals surface area (Å²) in [5, 5.41) is 16.2. The minimum absolute atomic E-state index is 0.228. The number of alkyl halides is 3. The largest absolute Gasteiger partial charge is 0.573 e. The van der Waals surface area contributed by atoms with Crippen molar-refractivity contribution in [2.45, 2.75) is 24.8 Å². The van der Waals surface area contributed by atoms with Gasteiger partial charge in [0.25, 0.3) is 5.91 Å². The summed E-state index contributed by atoms with van der Waals surface area (Å²) >= 11 is 2.49. The zero-order valence-electron chi connectivity index (χ0n) is 17.6. The molecule has 4 rings (SSSR count). The van der Waals surface area contributed by atoms with Gasteiger partial charge < -0.3 is 20.1 Å². The minimum atomic E-state index is -4.74. The maximum atomic E-state index is 12.3. The molecule has 2 saturated heterocycles. The highest BCUT2D eigenvalue weighted by atomic mass is 32.2. The Labute approximate surface area is 196 Å². The topological polar surface area (TPSA) is 87.1 Å². The molecule has 2 fully saturated rings. The number of rotatable bonds is 5. The Morgan fingerprint density at radius 3 is 2.67 bits per heavy atom. The molecule has 2 aromatic rings. The molecule has 2 aliphatic heterocycles. The van der Waals surface area contributed by atoms with E-state index in [9.17, 15) is 23.1 Å². The van der Waals surface area contributed by atoms with E-state index in [1.807, 2.05) is 7.05 Å². The third-order valence-electron chi connectivity index (χ3n) is 5.22. The molecule has 176 valence electrons. The summed E-state index contributed by atoms with van der Waals surface area (Å²) in [6.07, 6.45) is -1.85. The quantitative estimate of drug-likeness (QED) is 0.611. The van der Waals surface area contributed by atoms with Crippen LogP contribution in [0.5, 0.6) is 5.75 Å². The number of thiazole rings is 1. The Kier molecular flexibility index (Phi) is 6.80. The summed E-state index contributed by atoms with van der Waals surface area (Å²) in [5.74, 6) is -0.599. The van der Waals surface area contributed by atoms with Crippen molar-refractivity contribution in [2.24, 2.45) is 4.99 Å². The predicted octanol–water partition coefficient (Wildman–Crippen LogP) is 3.73. The number of hydrogen-bond donors (Lipinski definition) is 2. The molecule has 0 radical (unpaired) electrons. The molecule has 0 atom stereocenters. The molecule has 3 heterocycles. The third-order valence-corrected chi connectivity index (χ3v) is 7.08. The number of aliphatic hydroxyl groups is 1.